The fourth-order valence-corrected chi connectivity index (χ4v) is 0.815. The summed E-state index contributed by atoms with van der Waals surface area (Å²) < 4.78 is 14.7. The molecular formula is C11H22N2O5. The van der Waals surface area contributed by atoms with E-state index in [0.717, 1.165) is 0 Å². The van der Waals surface area contributed by atoms with E-state index in [2.05, 4.69) is 10.6 Å². The number of amides is 2. The number of carbonyl (C=O) groups excluding carboxylic acids is 2. The van der Waals surface area contributed by atoms with Gasteiger partial charge in [0, 0.05) is 7.11 Å². The number of hydrogen-bond acceptors (Lipinski definition) is 5. The predicted octanol–water partition coefficient (Wildman–Crippen LogP) is 1.23. The third-order valence-electron chi connectivity index (χ3n) is 1.72. The lowest BCUT2D eigenvalue weighted by Crippen LogP contribution is -2.40. The molecule has 1 atom stereocenters. The second-order valence-electron chi connectivity index (χ2n) is 4.68. The molecule has 0 aromatic carbocycles. The van der Waals surface area contributed by atoms with E-state index in [0.29, 0.717) is 0 Å². The van der Waals surface area contributed by atoms with E-state index < -0.39 is 17.8 Å². The van der Waals surface area contributed by atoms with E-state index in [1.54, 1.807) is 27.7 Å². The first kappa shape index (κ1) is 16.5. The number of hydrogen-bond donors (Lipinski definition) is 2. The molecule has 0 fully saturated rings. The Kier molecular flexibility index (Phi) is 7.11. The Morgan fingerprint density at radius 1 is 1.17 bits per heavy atom. The summed E-state index contributed by atoms with van der Waals surface area (Å²) in [5, 5.41) is 4.72. The maximum atomic E-state index is 11.2. The van der Waals surface area contributed by atoms with E-state index in [-0.39, 0.29) is 19.4 Å². The molecule has 0 bridgehead atoms. The number of methoxy groups -OCH3 is 1. The van der Waals surface area contributed by atoms with Gasteiger partial charge in [0.15, 0.2) is 0 Å². The summed E-state index contributed by atoms with van der Waals surface area (Å²) in [7, 11) is 1.52. The van der Waals surface area contributed by atoms with Gasteiger partial charge in [-0.3, -0.25) is 0 Å². The zero-order valence-corrected chi connectivity index (χ0v) is 11.5. The van der Waals surface area contributed by atoms with E-state index in [1.165, 1.54) is 7.11 Å². The van der Waals surface area contributed by atoms with Crippen LogP contribution >= 0.6 is 0 Å². The van der Waals surface area contributed by atoms with Gasteiger partial charge < -0.3 is 24.8 Å². The fraction of sp³-hybridized carbons (Fsp3) is 0.818. The van der Waals surface area contributed by atoms with Crippen LogP contribution in [0.25, 0.3) is 0 Å². The normalized spacial score (nSPS) is 12.5. The maximum absolute atomic E-state index is 11.2. The molecule has 0 spiro atoms. The third-order valence-corrected chi connectivity index (χ3v) is 1.72. The van der Waals surface area contributed by atoms with Crippen molar-refractivity contribution in [3.8, 4) is 0 Å². The van der Waals surface area contributed by atoms with Gasteiger partial charge in [-0.1, -0.05) is 0 Å². The summed E-state index contributed by atoms with van der Waals surface area (Å²) in [5.41, 5.74) is -0.571. The van der Waals surface area contributed by atoms with Gasteiger partial charge in [-0.15, -0.1) is 0 Å². The minimum absolute atomic E-state index is 0.0604. The molecule has 0 radical (unpaired) electrons. The van der Waals surface area contributed by atoms with Gasteiger partial charge in [0.05, 0.1) is 12.8 Å². The number of ether oxygens (including phenoxy) is 3. The summed E-state index contributed by atoms with van der Waals surface area (Å²) in [4.78, 5) is 22.4. The molecule has 0 aromatic heterocycles. The highest BCUT2D eigenvalue weighted by Gasteiger charge is 2.15. The molecule has 0 saturated carbocycles. The molecule has 7 heteroatoms. The SMILES string of the molecule is COC(C)COC(=O)NCNC(=O)OC(C)(C)C. The highest BCUT2D eigenvalue weighted by molar-refractivity contribution is 5.70. The molecule has 2 amide bonds. The van der Waals surface area contributed by atoms with Crippen LogP contribution in [0.2, 0.25) is 0 Å². The molecule has 0 aliphatic heterocycles. The van der Waals surface area contributed by atoms with Crippen LogP contribution in [0, 0.1) is 0 Å². The first-order valence-electron chi connectivity index (χ1n) is 5.65. The van der Waals surface area contributed by atoms with Crippen LogP contribution < -0.4 is 10.6 Å². The first-order valence-corrected chi connectivity index (χ1v) is 5.65. The Bertz CT molecular complexity index is 275. The zero-order valence-electron chi connectivity index (χ0n) is 11.5. The van der Waals surface area contributed by atoms with Crippen LogP contribution in [0.3, 0.4) is 0 Å². The molecule has 2 N–H and O–H groups in total. The van der Waals surface area contributed by atoms with Crippen molar-refractivity contribution in [2.24, 2.45) is 0 Å². The number of carbonyl (C=O) groups is 2. The molecule has 0 rings (SSSR count). The summed E-state index contributed by atoms with van der Waals surface area (Å²) in [6.45, 7) is 7.11. The van der Waals surface area contributed by atoms with Crippen LogP contribution in [-0.2, 0) is 14.2 Å². The Morgan fingerprint density at radius 2 is 1.72 bits per heavy atom. The molecule has 0 aromatic rings. The summed E-state index contributed by atoms with van der Waals surface area (Å²) in [5.74, 6) is 0. The lowest BCUT2D eigenvalue weighted by atomic mass is 10.2. The van der Waals surface area contributed by atoms with Gasteiger partial charge in [0.2, 0.25) is 0 Å². The highest BCUT2D eigenvalue weighted by atomic mass is 16.6. The molecule has 7 nitrogen and oxygen atoms in total. The molecule has 18 heavy (non-hydrogen) atoms. The molecule has 0 heterocycles. The number of nitrogens with one attached hydrogen (secondary N) is 2. The van der Waals surface area contributed by atoms with Crippen molar-refractivity contribution in [1.82, 2.24) is 10.6 Å². The minimum atomic E-state index is -0.630. The Hall–Kier alpha value is -1.50. The second-order valence-corrected chi connectivity index (χ2v) is 4.68. The van der Waals surface area contributed by atoms with E-state index in [4.69, 9.17) is 14.2 Å². The predicted molar refractivity (Wildman–Crippen MR) is 65.2 cm³/mol. The Morgan fingerprint density at radius 3 is 2.22 bits per heavy atom. The van der Waals surface area contributed by atoms with E-state index in [9.17, 15) is 9.59 Å². The molecule has 106 valence electrons. The van der Waals surface area contributed by atoms with Crippen LogP contribution in [0.4, 0.5) is 9.59 Å². The highest BCUT2D eigenvalue weighted by Crippen LogP contribution is 2.05. The maximum Gasteiger partial charge on any atom is 0.409 e. The van der Waals surface area contributed by atoms with Crippen LogP contribution in [0.1, 0.15) is 27.7 Å². The molecular weight excluding hydrogens is 240 g/mol. The number of alkyl carbamates (subject to hydrolysis) is 2. The van der Waals surface area contributed by atoms with Gasteiger partial charge in [0.1, 0.15) is 12.2 Å². The average Bonchev–Trinajstić information content (AvgIpc) is 2.23. The van der Waals surface area contributed by atoms with Gasteiger partial charge >= 0.3 is 12.2 Å². The Balaban J connectivity index is 3.65. The smallest absolute Gasteiger partial charge is 0.409 e. The summed E-state index contributed by atoms with van der Waals surface area (Å²) in [6, 6.07) is 0. The molecule has 1 unspecified atom stereocenters. The lowest BCUT2D eigenvalue weighted by Gasteiger charge is -2.19. The fourth-order valence-electron chi connectivity index (χ4n) is 0.815. The summed E-state index contributed by atoms with van der Waals surface area (Å²) in [6.07, 6.45) is -1.41. The third kappa shape index (κ3) is 9.71. The lowest BCUT2D eigenvalue weighted by molar-refractivity contribution is 0.0441. The van der Waals surface area contributed by atoms with Gasteiger partial charge in [-0.2, -0.15) is 0 Å². The first-order chi connectivity index (χ1) is 8.24. The van der Waals surface area contributed by atoms with Crippen molar-refractivity contribution in [3.63, 3.8) is 0 Å². The Labute approximate surface area is 107 Å². The quantitative estimate of drug-likeness (QED) is 0.728. The standard InChI is InChI=1S/C11H22N2O5/c1-8(16-5)6-17-9(14)12-7-13-10(15)18-11(2,3)4/h8H,6-7H2,1-5H3,(H,12,14)(H,13,15). The van der Waals surface area contributed by atoms with Crippen LogP contribution in [0.15, 0.2) is 0 Å². The summed E-state index contributed by atoms with van der Waals surface area (Å²) >= 11 is 0. The van der Waals surface area contributed by atoms with Crippen molar-refractivity contribution >= 4 is 12.2 Å². The largest absolute Gasteiger partial charge is 0.447 e. The van der Waals surface area contributed by atoms with Crippen molar-refractivity contribution in [3.05, 3.63) is 0 Å². The van der Waals surface area contributed by atoms with Crippen LogP contribution in [-0.4, -0.2) is 44.3 Å². The van der Waals surface area contributed by atoms with E-state index in [1.807, 2.05) is 0 Å². The number of rotatable bonds is 5. The van der Waals surface area contributed by atoms with Gasteiger partial charge in [0.25, 0.3) is 0 Å². The average molecular weight is 262 g/mol. The van der Waals surface area contributed by atoms with Crippen molar-refractivity contribution in [1.29, 1.82) is 0 Å². The molecule has 0 aliphatic carbocycles. The molecule has 0 aliphatic rings. The van der Waals surface area contributed by atoms with E-state index >= 15 is 0 Å². The van der Waals surface area contributed by atoms with Gasteiger partial charge in [-0.25, -0.2) is 9.59 Å². The topological polar surface area (TPSA) is 85.9 Å². The van der Waals surface area contributed by atoms with Gasteiger partial charge in [-0.05, 0) is 27.7 Å². The van der Waals surface area contributed by atoms with Crippen molar-refractivity contribution in [2.45, 2.75) is 39.4 Å². The van der Waals surface area contributed by atoms with Crippen LogP contribution in [0.5, 0.6) is 0 Å². The molecule has 0 saturated heterocycles. The minimum Gasteiger partial charge on any atom is -0.447 e. The zero-order chi connectivity index (χ0) is 14.2. The second kappa shape index (κ2) is 7.75. The van der Waals surface area contributed by atoms with Crippen molar-refractivity contribution in [2.75, 3.05) is 20.4 Å². The van der Waals surface area contributed by atoms with Crippen molar-refractivity contribution < 1.29 is 23.8 Å². The monoisotopic (exact) mass is 262 g/mol.